The third kappa shape index (κ3) is 3.11. The van der Waals surface area contributed by atoms with Crippen molar-refractivity contribution in [3.63, 3.8) is 0 Å². The fraction of sp³-hybridized carbons (Fsp3) is 0.263. The second kappa shape index (κ2) is 6.74. The lowest BCUT2D eigenvalue weighted by atomic mass is 10.2. The van der Waals surface area contributed by atoms with Crippen LogP contribution in [0.15, 0.2) is 48.8 Å². The van der Waals surface area contributed by atoms with Gasteiger partial charge in [0.05, 0.1) is 11.3 Å². The lowest BCUT2D eigenvalue weighted by Gasteiger charge is -2.21. The van der Waals surface area contributed by atoms with Crippen molar-refractivity contribution in [1.29, 1.82) is 0 Å². The van der Waals surface area contributed by atoms with Crippen LogP contribution in [0.5, 0.6) is 0 Å². The van der Waals surface area contributed by atoms with Gasteiger partial charge in [0.2, 0.25) is 0 Å². The highest BCUT2D eigenvalue weighted by Crippen LogP contribution is 2.19. The lowest BCUT2D eigenvalue weighted by Crippen LogP contribution is -2.21. The average molecular weight is 322 g/mol. The molecular weight excluding hydrogens is 300 g/mol. The Morgan fingerprint density at radius 1 is 1.17 bits per heavy atom. The van der Waals surface area contributed by atoms with Gasteiger partial charge in [0, 0.05) is 36.9 Å². The number of carbonyl (C=O) groups is 1. The van der Waals surface area contributed by atoms with Gasteiger partial charge in [0.25, 0.3) is 5.91 Å². The molecule has 2 heterocycles. The third-order valence-electron chi connectivity index (χ3n) is 4.10. The Morgan fingerprint density at radius 2 is 1.88 bits per heavy atom. The van der Waals surface area contributed by atoms with Crippen LogP contribution < -0.4 is 10.2 Å². The van der Waals surface area contributed by atoms with E-state index in [0.29, 0.717) is 11.2 Å². The summed E-state index contributed by atoms with van der Waals surface area (Å²) in [6.45, 7) is 8.10. The molecule has 1 N–H and O–H groups in total. The second-order valence-electron chi connectivity index (χ2n) is 5.71. The Hall–Kier alpha value is -2.82. The summed E-state index contributed by atoms with van der Waals surface area (Å²) in [6.07, 6.45) is 3.80. The molecule has 5 heteroatoms. The molecule has 3 aromatic rings. The molecule has 0 saturated heterocycles. The number of rotatable bonds is 5. The monoisotopic (exact) mass is 322 g/mol. The highest BCUT2D eigenvalue weighted by atomic mass is 16.1. The molecule has 0 spiro atoms. The number of imidazole rings is 1. The molecule has 0 bridgehead atoms. The molecule has 0 aliphatic carbocycles. The van der Waals surface area contributed by atoms with Gasteiger partial charge < -0.3 is 14.6 Å². The molecule has 0 unspecified atom stereocenters. The number of anilines is 2. The molecule has 2 aromatic heterocycles. The number of hydrogen-bond donors (Lipinski definition) is 1. The van der Waals surface area contributed by atoms with Crippen molar-refractivity contribution < 1.29 is 4.79 Å². The molecule has 0 fully saturated rings. The highest BCUT2D eigenvalue weighted by molar-refractivity contribution is 6.08. The summed E-state index contributed by atoms with van der Waals surface area (Å²) in [5.74, 6) is -0.151. The van der Waals surface area contributed by atoms with Crippen molar-refractivity contribution in [1.82, 2.24) is 9.38 Å². The topological polar surface area (TPSA) is 49.6 Å². The first-order valence-corrected chi connectivity index (χ1v) is 8.23. The number of aromatic nitrogens is 2. The maximum atomic E-state index is 12.6. The fourth-order valence-corrected chi connectivity index (χ4v) is 2.86. The van der Waals surface area contributed by atoms with Gasteiger partial charge in [-0.3, -0.25) is 4.79 Å². The molecule has 124 valence electrons. The van der Waals surface area contributed by atoms with Gasteiger partial charge in [0.15, 0.2) is 0 Å². The zero-order chi connectivity index (χ0) is 17.1. The van der Waals surface area contributed by atoms with Gasteiger partial charge in [-0.05, 0) is 57.2 Å². The first kappa shape index (κ1) is 16.1. The van der Waals surface area contributed by atoms with E-state index >= 15 is 0 Å². The van der Waals surface area contributed by atoms with Crippen LogP contribution in [0, 0.1) is 6.92 Å². The maximum absolute atomic E-state index is 12.6. The quantitative estimate of drug-likeness (QED) is 0.778. The Kier molecular flexibility index (Phi) is 4.51. The molecular formula is C19H22N4O. The van der Waals surface area contributed by atoms with Gasteiger partial charge in [-0.2, -0.15) is 0 Å². The van der Waals surface area contributed by atoms with Crippen LogP contribution in [0.3, 0.4) is 0 Å². The third-order valence-corrected chi connectivity index (χ3v) is 4.10. The number of hydrogen-bond acceptors (Lipinski definition) is 3. The van der Waals surface area contributed by atoms with E-state index in [-0.39, 0.29) is 5.91 Å². The normalized spacial score (nSPS) is 10.8. The standard InChI is InChI=1S/C19H22N4O/c1-4-22(5-2)16-10-8-15(9-11-16)21-19(24)17-7-6-12-23-13-14(3)20-18(17)23/h6-13H,4-5H2,1-3H3,(H,21,24). The van der Waals surface area contributed by atoms with Gasteiger partial charge in [0.1, 0.15) is 5.65 Å². The van der Waals surface area contributed by atoms with Crippen molar-refractivity contribution >= 4 is 22.9 Å². The van der Waals surface area contributed by atoms with Crippen LogP contribution in [0.2, 0.25) is 0 Å². The molecule has 0 aliphatic rings. The lowest BCUT2D eigenvalue weighted by molar-refractivity contribution is 0.102. The number of nitrogens with one attached hydrogen (secondary N) is 1. The minimum Gasteiger partial charge on any atom is -0.372 e. The summed E-state index contributed by atoms with van der Waals surface area (Å²) in [7, 11) is 0. The van der Waals surface area contributed by atoms with E-state index in [1.54, 1.807) is 6.07 Å². The molecule has 0 saturated carbocycles. The first-order chi connectivity index (χ1) is 11.6. The van der Waals surface area contributed by atoms with Crippen LogP contribution in [0.4, 0.5) is 11.4 Å². The van der Waals surface area contributed by atoms with E-state index in [4.69, 9.17) is 0 Å². The van der Waals surface area contributed by atoms with E-state index in [0.717, 1.165) is 30.2 Å². The zero-order valence-corrected chi connectivity index (χ0v) is 14.3. The number of carbonyl (C=O) groups excluding carboxylic acids is 1. The number of aryl methyl sites for hydroxylation is 1. The minimum atomic E-state index is -0.151. The minimum absolute atomic E-state index is 0.151. The molecule has 0 atom stereocenters. The summed E-state index contributed by atoms with van der Waals surface area (Å²) in [4.78, 5) is 19.3. The second-order valence-corrected chi connectivity index (χ2v) is 5.71. The Balaban J connectivity index is 1.81. The number of fused-ring (bicyclic) bond motifs is 1. The summed E-state index contributed by atoms with van der Waals surface area (Å²) < 4.78 is 1.87. The summed E-state index contributed by atoms with van der Waals surface area (Å²) in [6, 6.07) is 11.6. The van der Waals surface area contributed by atoms with E-state index in [1.165, 1.54) is 0 Å². The van der Waals surface area contributed by atoms with Crippen LogP contribution in [-0.4, -0.2) is 28.4 Å². The van der Waals surface area contributed by atoms with Crippen molar-refractivity contribution in [2.75, 3.05) is 23.3 Å². The number of nitrogens with zero attached hydrogens (tertiary/aromatic N) is 3. The number of amides is 1. The predicted octanol–water partition coefficient (Wildman–Crippen LogP) is 3.74. The number of benzene rings is 1. The molecule has 1 amide bonds. The molecule has 0 aliphatic heterocycles. The SMILES string of the molecule is CCN(CC)c1ccc(NC(=O)c2cccn3cc(C)nc23)cc1. The van der Waals surface area contributed by atoms with Crippen molar-refractivity contribution in [2.24, 2.45) is 0 Å². The first-order valence-electron chi connectivity index (χ1n) is 8.23. The van der Waals surface area contributed by atoms with E-state index in [9.17, 15) is 4.79 Å². The van der Waals surface area contributed by atoms with E-state index in [1.807, 2.05) is 54.0 Å². The largest absolute Gasteiger partial charge is 0.372 e. The van der Waals surface area contributed by atoms with Crippen LogP contribution in [0.1, 0.15) is 29.9 Å². The number of pyridine rings is 1. The van der Waals surface area contributed by atoms with Crippen molar-refractivity contribution in [3.8, 4) is 0 Å². The van der Waals surface area contributed by atoms with Crippen LogP contribution in [0.25, 0.3) is 5.65 Å². The summed E-state index contributed by atoms with van der Waals surface area (Å²) in [5, 5.41) is 2.95. The van der Waals surface area contributed by atoms with Crippen LogP contribution in [-0.2, 0) is 0 Å². The smallest absolute Gasteiger partial charge is 0.259 e. The fourth-order valence-electron chi connectivity index (χ4n) is 2.86. The molecule has 3 rings (SSSR count). The Labute approximate surface area is 141 Å². The predicted molar refractivity (Wildman–Crippen MR) is 97.9 cm³/mol. The van der Waals surface area contributed by atoms with Gasteiger partial charge in [-0.15, -0.1) is 0 Å². The van der Waals surface area contributed by atoms with E-state index < -0.39 is 0 Å². The highest BCUT2D eigenvalue weighted by Gasteiger charge is 2.12. The van der Waals surface area contributed by atoms with Crippen molar-refractivity contribution in [2.45, 2.75) is 20.8 Å². The van der Waals surface area contributed by atoms with E-state index in [2.05, 4.69) is 29.0 Å². The molecule has 5 nitrogen and oxygen atoms in total. The van der Waals surface area contributed by atoms with Gasteiger partial charge in [-0.25, -0.2) is 4.98 Å². The molecule has 0 radical (unpaired) electrons. The zero-order valence-electron chi connectivity index (χ0n) is 14.3. The molecule has 24 heavy (non-hydrogen) atoms. The summed E-state index contributed by atoms with van der Waals surface area (Å²) in [5.41, 5.74) is 4.06. The van der Waals surface area contributed by atoms with Gasteiger partial charge in [-0.1, -0.05) is 0 Å². The van der Waals surface area contributed by atoms with Crippen molar-refractivity contribution in [3.05, 3.63) is 60.0 Å². The van der Waals surface area contributed by atoms with Gasteiger partial charge >= 0.3 is 0 Å². The summed E-state index contributed by atoms with van der Waals surface area (Å²) >= 11 is 0. The molecule has 1 aromatic carbocycles. The van der Waals surface area contributed by atoms with Crippen LogP contribution >= 0.6 is 0 Å². The Bertz CT molecular complexity index is 847. The maximum Gasteiger partial charge on any atom is 0.259 e. The Morgan fingerprint density at radius 3 is 2.54 bits per heavy atom. The average Bonchev–Trinajstić information content (AvgIpc) is 2.97.